The highest BCUT2D eigenvalue weighted by molar-refractivity contribution is 5.97. The number of benzene rings is 2. The van der Waals surface area contributed by atoms with E-state index in [1.54, 1.807) is 12.1 Å². The van der Waals surface area contributed by atoms with Gasteiger partial charge in [0.1, 0.15) is 12.4 Å². The van der Waals surface area contributed by atoms with E-state index < -0.39 is 11.7 Å². The molecule has 0 saturated heterocycles. The normalized spacial score (nSPS) is 11.2. The molecule has 0 bridgehead atoms. The number of carbonyl (C=O) groups excluding carboxylic acids is 1. The Morgan fingerprint density at radius 3 is 2.38 bits per heavy atom. The van der Waals surface area contributed by atoms with Crippen LogP contribution in [0.2, 0.25) is 0 Å². The third kappa shape index (κ3) is 4.28. The first-order chi connectivity index (χ1) is 11.3. The van der Waals surface area contributed by atoms with E-state index in [0.717, 1.165) is 17.7 Å². The number of aryl methyl sites for hydroxylation is 1. The predicted octanol–water partition coefficient (Wildman–Crippen LogP) is 4.34. The number of carbonyl (C=O) groups is 1. The molecule has 0 radical (unpaired) electrons. The molecule has 0 unspecified atom stereocenters. The van der Waals surface area contributed by atoms with Gasteiger partial charge in [0.15, 0.2) is 0 Å². The van der Waals surface area contributed by atoms with Gasteiger partial charge in [-0.05, 0) is 43.2 Å². The summed E-state index contributed by atoms with van der Waals surface area (Å²) in [5, 5.41) is 2.71. The van der Waals surface area contributed by atoms with Crippen molar-refractivity contribution in [3.8, 4) is 5.75 Å². The Bertz CT molecular complexity index is 709. The molecular weight excluding hydrogens is 319 g/mol. The first-order valence-electron chi connectivity index (χ1n) is 7.49. The van der Waals surface area contributed by atoms with E-state index in [1.807, 2.05) is 19.9 Å². The minimum atomic E-state index is -4.36. The number of halogens is 3. The highest BCUT2D eigenvalue weighted by Crippen LogP contribution is 2.29. The monoisotopic (exact) mass is 337 g/mol. The molecule has 2 aromatic carbocycles. The molecule has 0 aliphatic heterocycles. The van der Waals surface area contributed by atoms with Crippen molar-refractivity contribution in [2.75, 3.05) is 6.54 Å². The minimum Gasteiger partial charge on any atom is -0.488 e. The summed E-state index contributed by atoms with van der Waals surface area (Å²) in [6.07, 6.45) is -4.36. The average molecular weight is 337 g/mol. The van der Waals surface area contributed by atoms with Crippen molar-refractivity contribution in [2.45, 2.75) is 26.6 Å². The van der Waals surface area contributed by atoms with E-state index in [2.05, 4.69) is 5.32 Å². The van der Waals surface area contributed by atoms with Crippen molar-refractivity contribution >= 4 is 5.91 Å². The highest BCUT2D eigenvalue weighted by atomic mass is 19.4. The van der Waals surface area contributed by atoms with Gasteiger partial charge in [-0.3, -0.25) is 4.79 Å². The zero-order chi connectivity index (χ0) is 17.7. The van der Waals surface area contributed by atoms with Gasteiger partial charge in [0, 0.05) is 6.54 Å². The van der Waals surface area contributed by atoms with Crippen LogP contribution in [0.4, 0.5) is 13.2 Å². The Kier molecular flexibility index (Phi) is 5.49. The smallest absolute Gasteiger partial charge is 0.416 e. The second-order valence-electron chi connectivity index (χ2n) is 5.29. The molecule has 0 heterocycles. The van der Waals surface area contributed by atoms with Gasteiger partial charge in [-0.2, -0.15) is 13.2 Å². The summed E-state index contributed by atoms with van der Waals surface area (Å²) < 4.78 is 43.4. The van der Waals surface area contributed by atoms with Gasteiger partial charge in [-0.25, -0.2) is 0 Å². The Morgan fingerprint density at radius 1 is 1.12 bits per heavy atom. The van der Waals surface area contributed by atoms with Crippen LogP contribution in [0.25, 0.3) is 0 Å². The summed E-state index contributed by atoms with van der Waals surface area (Å²) in [4.78, 5) is 12.1. The number of hydrogen-bond donors (Lipinski definition) is 1. The molecule has 3 nitrogen and oxygen atoms in total. The molecular formula is C18H18F3NO2. The van der Waals surface area contributed by atoms with Crippen LogP contribution < -0.4 is 10.1 Å². The molecule has 6 heteroatoms. The van der Waals surface area contributed by atoms with Gasteiger partial charge in [-0.15, -0.1) is 0 Å². The van der Waals surface area contributed by atoms with Crippen LogP contribution in [0.5, 0.6) is 5.75 Å². The van der Waals surface area contributed by atoms with E-state index in [1.165, 1.54) is 12.1 Å². The molecule has 0 spiro atoms. The maximum absolute atomic E-state index is 12.6. The number of nitrogens with one attached hydrogen (secondary N) is 1. The van der Waals surface area contributed by atoms with Crippen LogP contribution in [0.1, 0.15) is 34.0 Å². The molecule has 0 atom stereocenters. The van der Waals surface area contributed by atoms with Crippen molar-refractivity contribution in [1.29, 1.82) is 0 Å². The number of para-hydroxylation sites is 1. The first kappa shape index (κ1) is 17.8. The average Bonchev–Trinajstić information content (AvgIpc) is 2.53. The maximum atomic E-state index is 12.6. The topological polar surface area (TPSA) is 38.3 Å². The van der Waals surface area contributed by atoms with Gasteiger partial charge in [0.25, 0.3) is 5.91 Å². The fraction of sp³-hybridized carbons (Fsp3) is 0.278. The first-order valence-corrected chi connectivity index (χ1v) is 7.49. The Balaban J connectivity index is 2.16. The summed E-state index contributed by atoms with van der Waals surface area (Å²) in [6, 6.07) is 9.98. The second-order valence-corrected chi connectivity index (χ2v) is 5.29. The number of alkyl halides is 3. The number of hydrogen-bond acceptors (Lipinski definition) is 2. The van der Waals surface area contributed by atoms with Crippen molar-refractivity contribution in [2.24, 2.45) is 0 Å². The molecule has 0 aliphatic carbocycles. The molecule has 128 valence electrons. The zero-order valence-electron chi connectivity index (χ0n) is 13.4. The van der Waals surface area contributed by atoms with Crippen molar-refractivity contribution in [1.82, 2.24) is 5.32 Å². The van der Waals surface area contributed by atoms with Gasteiger partial charge in [-0.1, -0.05) is 24.3 Å². The van der Waals surface area contributed by atoms with Crippen LogP contribution in [-0.2, 0) is 12.8 Å². The Labute approximate surface area is 138 Å². The third-order valence-corrected chi connectivity index (χ3v) is 3.46. The van der Waals surface area contributed by atoms with E-state index in [9.17, 15) is 18.0 Å². The van der Waals surface area contributed by atoms with Crippen LogP contribution in [0.3, 0.4) is 0 Å². The highest BCUT2D eigenvalue weighted by Gasteiger charge is 2.29. The van der Waals surface area contributed by atoms with E-state index >= 15 is 0 Å². The summed E-state index contributed by atoms with van der Waals surface area (Å²) >= 11 is 0. The SMILES string of the molecule is CCNC(=O)c1cccc(C)c1OCc1ccc(C(F)(F)F)cc1. The molecule has 0 aromatic heterocycles. The molecule has 0 fully saturated rings. The van der Waals surface area contributed by atoms with Crippen LogP contribution in [-0.4, -0.2) is 12.5 Å². The standard InChI is InChI=1S/C18H18F3NO2/c1-3-22-17(23)15-6-4-5-12(2)16(15)24-11-13-7-9-14(10-8-13)18(19,20)21/h4-10H,3,11H2,1-2H3,(H,22,23). The lowest BCUT2D eigenvalue weighted by atomic mass is 10.1. The van der Waals surface area contributed by atoms with Gasteiger partial charge < -0.3 is 10.1 Å². The van der Waals surface area contributed by atoms with E-state index in [0.29, 0.717) is 23.4 Å². The molecule has 1 N–H and O–H groups in total. The number of amides is 1. The second kappa shape index (κ2) is 7.38. The quantitative estimate of drug-likeness (QED) is 0.881. The fourth-order valence-corrected chi connectivity index (χ4v) is 2.22. The Morgan fingerprint density at radius 2 is 1.79 bits per heavy atom. The van der Waals surface area contributed by atoms with Crippen LogP contribution in [0, 0.1) is 6.92 Å². The van der Waals surface area contributed by atoms with E-state index in [-0.39, 0.29) is 12.5 Å². The fourth-order valence-electron chi connectivity index (χ4n) is 2.22. The summed E-state index contributed by atoms with van der Waals surface area (Å²) in [5.41, 5.74) is 1.08. The summed E-state index contributed by atoms with van der Waals surface area (Å²) in [6.45, 7) is 4.20. The summed E-state index contributed by atoms with van der Waals surface area (Å²) in [7, 11) is 0. The largest absolute Gasteiger partial charge is 0.488 e. The predicted molar refractivity (Wildman–Crippen MR) is 85.0 cm³/mol. The van der Waals surface area contributed by atoms with Crippen LogP contribution in [0.15, 0.2) is 42.5 Å². The zero-order valence-corrected chi connectivity index (χ0v) is 13.4. The summed E-state index contributed by atoms with van der Waals surface area (Å²) in [5.74, 6) is 0.187. The van der Waals surface area contributed by atoms with Gasteiger partial charge in [0.2, 0.25) is 0 Å². The third-order valence-electron chi connectivity index (χ3n) is 3.46. The molecule has 0 saturated carbocycles. The van der Waals surface area contributed by atoms with Crippen molar-refractivity contribution in [3.05, 3.63) is 64.7 Å². The van der Waals surface area contributed by atoms with Crippen molar-refractivity contribution in [3.63, 3.8) is 0 Å². The van der Waals surface area contributed by atoms with Gasteiger partial charge >= 0.3 is 6.18 Å². The molecule has 1 amide bonds. The van der Waals surface area contributed by atoms with E-state index in [4.69, 9.17) is 4.74 Å². The molecule has 2 aromatic rings. The minimum absolute atomic E-state index is 0.0788. The van der Waals surface area contributed by atoms with Crippen LogP contribution >= 0.6 is 0 Å². The lowest BCUT2D eigenvalue weighted by Crippen LogP contribution is -2.23. The molecule has 24 heavy (non-hydrogen) atoms. The van der Waals surface area contributed by atoms with Gasteiger partial charge in [0.05, 0.1) is 11.1 Å². The Hall–Kier alpha value is -2.50. The molecule has 2 rings (SSSR count). The number of rotatable bonds is 5. The number of ether oxygens (including phenoxy) is 1. The molecule has 0 aliphatic rings. The lowest BCUT2D eigenvalue weighted by Gasteiger charge is -2.14. The lowest BCUT2D eigenvalue weighted by molar-refractivity contribution is -0.137. The maximum Gasteiger partial charge on any atom is 0.416 e. The van der Waals surface area contributed by atoms with Crippen molar-refractivity contribution < 1.29 is 22.7 Å².